The van der Waals surface area contributed by atoms with Gasteiger partial charge in [0.1, 0.15) is 12.3 Å². The summed E-state index contributed by atoms with van der Waals surface area (Å²) in [4.78, 5) is 24.5. The predicted octanol–water partition coefficient (Wildman–Crippen LogP) is 2.34. The molecule has 1 aromatic carbocycles. The van der Waals surface area contributed by atoms with Crippen LogP contribution in [-0.2, 0) is 16.0 Å². The van der Waals surface area contributed by atoms with Gasteiger partial charge < -0.3 is 14.7 Å². The van der Waals surface area contributed by atoms with Crippen molar-refractivity contribution in [3.63, 3.8) is 0 Å². The quantitative estimate of drug-likeness (QED) is 0.799. The molecule has 0 bridgehead atoms. The first-order chi connectivity index (χ1) is 9.97. The topological polar surface area (TPSA) is 66.8 Å². The van der Waals surface area contributed by atoms with Gasteiger partial charge >= 0.3 is 5.97 Å². The molecule has 0 saturated heterocycles. The fourth-order valence-corrected chi connectivity index (χ4v) is 2.04. The Bertz CT molecular complexity index is 470. The van der Waals surface area contributed by atoms with Crippen LogP contribution in [0.2, 0.25) is 0 Å². The fourth-order valence-electron chi connectivity index (χ4n) is 2.04. The molecule has 1 unspecified atom stereocenters. The normalized spacial score (nSPS) is 11.8. The zero-order chi connectivity index (χ0) is 15.8. The first-order valence-corrected chi connectivity index (χ1v) is 7.12. The lowest BCUT2D eigenvalue weighted by Crippen LogP contribution is -2.41. The molecule has 0 aliphatic heterocycles. The number of ether oxygens (including phenoxy) is 1. The van der Waals surface area contributed by atoms with Crippen molar-refractivity contribution < 1.29 is 19.4 Å². The summed E-state index contributed by atoms with van der Waals surface area (Å²) < 4.78 is 5.08. The summed E-state index contributed by atoms with van der Waals surface area (Å²) in [6.45, 7) is 3.57. The van der Waals surface area contributed by atoms with Crippen LogP contribution in [0.1, 0.15) is 32.3 Å². The summed E-state index contributed by atoms with van der Waals surface area (Å²) in [5.41, 5.74) is 1.03. The molecule has 1 aromatic rings. The summed E-state index contributed by atoms with van der Waals surface area (Å²) in [7, 11) is 1.61. The summed E-state index contributed by atoms with van der Waals surface area (Å²) >= 11 is 0. The number of carbonyl (C=O) groups is 2. The smallest absolute Gasteiger partial charge is 0.323 e. The standard InChI is InChI=1S/C16H23NO4/c1-4-12(2)17(11-16(19)20)15(18)10-7-13-5-8-14(21-3)9-6-13/h5-6,8-9,12H,4,7,10-11H2,1-3H3,(H,19,20). The maximum atomic E-state index is 12.2. The number of rotatable bonds is 8. The molecule has 1 rings (SSSR count). The van der Waals surface area contributed by atoms with Gasteiger partial charge in [0.15, 0.2) is 0 Å². The van der Waals surface area contributed by atoms with Gasteiger partial charge in [-0.3, -0.25) is 9.59 Å². The molecular weight excluding hydrogens is 270 g/mol. The maximum Gasteiger partial charge on any atom is 0.323 e. The molecule has 116 valence electrons. The Labute approximate surface area is 125 Å². The Morgan fingerprint density at radius 1 is 1.29 bits per heavy atom. The van der Waals surface area contributed by atoms with Crippen LogP contribution in [0.25, 0.3) is 0 Å². The molecule has 1 atom stereocenters. The van der Waals surface area contributed by atoms with E-state index in [1.807, 2.05) is 38.1 Å². The maximum absolute atomic E-state index is 12.2. The zero-order valence-electron chi connectivity index (χ0n) is 12.8. The van der Waals surface area contributed by atoms with E-state index in [1.54, 1.807) is 7.11 Å². The van der Waals surface area contributed by atoms with Crippen LogP contribution < -0.4 is 4.74 Å². The van der Waals surface area contributed by atoms with Gasteiger partial charge in [0.2, 0.25) is 5.91 Å². The van der Waals surface area contributed by atoms with Crippen LogP contribution >= 0.6 is 0 Å². The lowest BCUT2D eigenvalue weighted by Gasteiger charge is -2.27. The fraction of sp³-hybridized carbons (Fsp3) is 0.500. The summed E-state index contributed by atoms with van der Waals surface area (Å²) in [6, 6.07) is 7.46. The number of amides is 1. The van der Waals surface area contributed by atoms with E-state index < -0.39 is 5.97 Å². The van der Waals surface area contributed by atoms with Gasteiger partial charge in [-0.2, -0.15) is 0 Å². The highest BCUT2D eigenvalue weighted by Gasteiger charge is 2.21. The van der Waals surface area contributed by atoms with Crippen LogP contribution in [0.5, 0.6) is 5.75 Å². The predicted molar refractivity (Wildman–Crippen MR) is 80.4 cm³/mol. The molecular formula is C16H23NO4. The minimum Gasteiger partial charge on any atom is -0.497 e. The number of hydrogen-bond donors (Lipinski definition) is 1. The van der Waals surface area contributed by atoms with Crippen molar-refractivity contribution in [2.45, 2.75) is 39.2 Å². The van der Waals surface area contributed by atoms with E-state index in [2.05, 4.69) is 0 Å². The monoisotopic (exact) mass is 293 g/mol. The highest BCUT2D eigenvalue weighted by molar-refractivity contribution is 5.81. The highest BCUT2D eigenvalue weighted by atomic mass is 16.5. The van der Waals surface area contributed by atoms with Crippen molar-refractivity contribution in [1.29, 1.82) is 0 Å². The Balaban J connectivity index is 2.61. The number of hydrogen-bond acceptors (Lipinski definition) is 3. The van der Waals surface area contributed by atoms with Gasteiger partial charge in [0.05, 0.1) is 7.11 Å². The van der Waals surface area contributed by atoms with E-state index in [1.165, 1.54) is 4.90 Å². The van der Waals surface area contributed by atoms with Crippen LogP contribution in [0.15, 0.2) is 24.3 Å². The third-order valence-electron chi connectivity index (χ3n) is 3.54. The molecule has 0 aliphatic rings. The number of carboxylic acid groups (broad SMARTS) is 1. The van der Waals surface area contributed by atoms with E-state index in [4.69, 9.17) is 9.84 Å². The SMILES string of the molecule is CCC(C)N(CC(=O)O)C(=O)CCc1ccc(OC)cc1. The molecule has 0 aromatic heterocycles. The van der Waals surface area contributed by atoms with Crippen LogP contribution in [0.3, 0.4) is 0 Å². The highest BCUT2D eigenvalue weighted by Crippen LogP contribution is 2.14. The first kappa shape index (κ1) is 17.0. The number of carboxylic acids is 1. The van der Waals surface area contributed by atoms with E-state index in [0.717, 1.165) is 17.7 Å². The van der Waals surface area contributed by atoms with Gasteiger partial charge in [-0.1, -0.05) is 19.1 Å². The van der Waals surface area contributed by atoms with Crippen molar-refractivity contribution >= 4 is 11.9 Å². The van der Waals surface area contributed by atoms with Crippen molar-refractivity contribution in [2.24, 2.45) is 0 Å². The molecule has 0 heterocycles. The third-order valence-corrected chi connectivity index (χ3v) is 3.54. The lowest BCUT2D eigenvalue weighted by atomic mass is 10.1. The molecule has 0 spiro atoms. The number of methoxy groups -OCH3 is 1. The number of aryl methyl sites for hydroxylation is 1. The second-order valence-electron chi connectivity index (χ2n) is 5.02. The molecule has 1 N–H and O–H groups in total. The summed E-state index contributed by atoms with van der Waals surface area (Å²) in [6.07, 6.45) is 1.64. The Kier molecular flexibility index (Phi) is 6.72. The lowest BCUT2D eigenvalue weighted by molar-refractivity contribution is -0.146. The van der Waals surface area contributed by atoms with Gasteiger partial charge in [-0.15, -0.1) is 0 Å². The minimum absolute atomic E-state index is 0.0653. The molecule has 5 heteroatoms. The van der Waals surface area contributed by atoms with Gasteiger partial charge in [0.25, 0.3) is 0 Å². The van der Waals surface area contributed by atoms with E-state index in [0.29, 0.717) is 12.8 Å². The number of benzene rings is 1. The van der Waals surface area contributed by atoms with Crippen molar-refractivity contribution in [3.05, 3.63) is 29.8 Å². The molecule has 21 heavy (non-hydrogen) atoms. The number of carbonyl (C=O) groups excluding carboxylic acids is 1. The molecule has 5 nitrogen and oxygen atoms in total. The molecule has 1 amide bonds. The van der Waals surface area contributed by atoms with Gasteiger partial charge in [-0.25, -0.2) is 0 Å². The summed E-state index contributed by atoms with van der Waals surface area (Å²) in [5, 5.41) is 8.91. The third kappa shape index (κ3) is 5.45. The number of nitrogens with zero attached hydrogens (tertiary/aromatic N) is 1. The van der Waals surface area contributed by atoms with Gasteiger partial charge in [-0.05, 0) is 37.5 Å². The van der Waals surface area contributed by atoms with Crippen LogP contribution in [-0.4, -0.2) is 41.6 Å². The minimum atomic E-state index is -0.979. The Morgan fingerprint density at radius 3 is 2.38 bits per heavy atom. The Morgan fingerprint density at radius 2 is 1.90 bits per heavy atom. The molecule has 0 radical (unpaired) electrons. The van der Waals surface area contributed by atoms with Crippen molar-refractivity contribution in [3.8, 4) is 5.75 Å². The second kappa shape index (κ2) is 8.29. The van der Waals surface area contributed by atoms with Gasteiger partial charge in [0, 0.05) is 12.5 Å². The van der Waals surface area contributed by atoms with Crippen LogP contribution in [0, 0.1) is 0 Å². The van der Waals surface area contributed by atoms with Crippen molar-refractivity contribution in [1.82, 2.24) is 4.90 Å². The van der Waals surface area contributed by atoms with Crippen LogP contribution in [0.4, 0.5) is 0 Å². The number of aliphatic carboxylic acids is 1. The van der Waals surface area contributed by atoms with Crippen molar-refractivity contribution in [2.75, 3.05) is 13.7 Å². The molecule has 0 fully saturated rings. The Hall–Kier alpha value is -2.04. The molecule has 0 saturated carbocycles. The second-order valence-corrected chi connectivity index (χ2v) is 5.02. The largest absolute Gasteiger partial charge is 0.497 e. The van der Waals surface area contributed by atoms with E-state index in [9.17, 15) is 9.59 Å². The van der Waals surface area contributed by atoms with E-state index in [-0.39, 0.29) is 18.5 Å². The first-order valence-electron chi connectivity index (χ1n) is 7.12. The zero-order valence-corrected chi connectivity index (χ0v) is 12.8. The average molecular weight is 293 g/mol. The summed E-state index contributed by atoms with van der Waals surface area (Å²) in [5.74, 6) is -0.326. The average Bonchev–Trinajstić information content (AvgIpc) is 2.49. The van der Waals surface area contributed by atoms with E-state index >= 15 is 0 Å². The molecule has 0 aliphatic carbocycles.